The van der Waals surface area contributed by atoms with Crippen LogP contribution in [0.15, 0.2) is 9.85 Å². The minimum Gasteiger partial charge on any atom is -0.423 e. The summed E-state index contributed by atoms with van der Waals surface area (Å²) in [7, 11) is -1.57. The molecule has 0 bridgehead atoms. The standard InChI is InChI=1S/C5H4BBrO3S/c7-5-1-3(6(9)10)4(2-8)11-5/h1-2,9-10H. The number of hydrogen-bond acceptors (Lipinski definition) is 4. The lowest BCUT2D eigenvalue weighted by atomic mass is 9.81. The van der Waals surface area contributed by atoms with Gasteiger partial charge in [-0.25, -0.2) is 0 Å². The third-order valence-electron chi connectivity index (χ3n) is 1.15. The van der Waals surface area contributed by atoms with Crippen LogP contribution in [0.3, 0.4) is 0 Å². The maximum absolute atomic E-state index is 10.3. The predicted molar refractivity (Wildman–Crippen MR) is 47.2 cm³/mol. The van der Waals surface area contributed by atoms with Crippen molar-refractivity contribution in [1.29, 1.82) is 0 Å². The maximum Gasteiger partial charge on any atom is 0.490 e. The van der Waals surface area contributed by atoms with Crippen molar-refractivity contribution in [3.63, 3.8) is 0 Å². The zero-order chi connectivity index (χ0) is 8.43. The summed E-state index contributed by atoms with van der Waals surface area (Å²) in [5.74, 6) is 0. The van der Waals surface area contributed by atoms with E-state index in [0.29, 0.717) is 14.9 Å². The molecule has 0 atom stereocenters. The molecule has 1 rings (SSSR count). The van der Waals surface area contributed by atoms with Gasteiger partial charge in [0.25, 0.3) is 0 Å². The zero-order valence-electron chi connectivity index (χ0n) is 5.32. The Morgan fingerprint density at radius 1 is 1.64 bits per heavy atom. The number of halogens is 1. The second kappa shape index (κ2) is 3.49. The van der Waals surface area contributed by atoms with E-state index in [4.69, 9.17) is 10.0 Å². The Kier molecular flexibility index (Phi) is 2.83. The quantitative estimate of drug-likeness (QED) is 0.560. The highest BCUT2D eigenvalue weighted by Gasteiger charge is 2.18. The minimum atomic E-state index is -1.57. The second-order valence-corrected chi connectivity index (χ2v) is 4.32. The topological polar surface area (TPSA) is 57.5 Å². The van der Waals surface area contributed by atoms with Gasteiger partial charge in [-0.1, -0.05) is 0 Å². The van der Waals surface area contributed by atoms with Crippen molar-refractivity contribution in [3.8, 4) is 0 Å². The van der Waals surface area contributed by atoms with Gasteiger partial charge in [0.2, 0.25) is 0 Å². The molecule has 58 valence electrons. The van der Waals surface area contributed by atoms with E-state index in [1.54, 1.807) is 0 Å². The molecular formula is C5H4BBrO3S. The summed E-state index contributed by atoms with van der Waals surface area (Å²) >= 11 is 4.30. The molecule has 11 heavy (non-hydrogen) atoms. The number of aldehydes is 1. The summed E-state index contributed by atoms with van der Waals surface area (Å²) in [6.45, 7) is 0. The van der Waals surface area contributed by atoms with E-state index in [1.165, 1.54) is 17.4 Å². The summed E-state index contributed by atoms with van der Waals surface area (Å²) in [6.07, 6.45) is 0.601. The van der Waals surface area contributed by atoms with Crippen molar-refractivity contribution >= 4 is 46.1 Å². The van der Waals surface area contributed by atoms with E-state index in [0.717, 1.165) is 0 Å². The molecule has 0 aliphatic carbocycles. The molecule has 1 aromatic rings. The summed E-state index contributed by atoms with van der Waals surface area (Å²) in [4.78, 5) is 10.7. The van der Waals surface area contributed by atoms with Gasteiger partial charge in [-0.15, -0.1) is 11.3 Å². The van der Waals surface area contributed by atoms with E-state index >= 15 is 0 Å². The summed E-state index contributed by atoms with van der Waals surface area (Å²) < 4.78 is 0.711. The molecular weight excluding hydrogens is 231 g/mol. The monoisotopic (exact) mass is 234 g/mol. The SMILES string of the molecule is O=Cc1sc(Br)cc1B(O)O. The second-order valence-electron chi connectivity index (χ2n) is 1.86. The summed E-state index contributed by atoms with van der Waals surface area (Å²) in [5, 5.41) is 17.5. The Bertz CT molecular complexity index is 273. The van der Waals surface area contributed by atoms with Gasteiger partial charge in [0.05, 0.1) is 8.66 Å². The molecule has 3 nitrogen and oxygen atoms in total. The first-order chi connectivity index (χ1) is 5.15. The number of carbonyl (C=O) groups is 1. The molecule has 0 aliphatic heterocycles. The van der Waals surface area contributed by atoms with Crippen molar-refractivity contribution in [2.45, 2.75) is 0 Å². The molecule has 1 aromatic heterocycles. The maximum atomic E-state index is 10.3. The Morgan fingerprint density at radius 2 is 2.27 bits per heavy atom. The van der Waals surface area contributed by atoms with Crippen LogP contribution in [0.2, 0.25) is 0 Å². The molecule has 0 saturated carbocycles. The predicted octanol–water partition coefficient (Wildman–Crippen LogP) is 0.00290. The number of rotatable bonds is 2. The van der Waals surface area contributed by atoms with Gasteiger partial charge in [-0.05, 0) is 22.0 Å². The van der Waals surface area contributed by atoms with Gasteiger partial charge in [-0.2, -0.15) is 0 Å². The van der Waals surface area contributed by atoms with Crippen molar-refractivity contribution in [1.82, 2.24) is 0 Å². The van der Waals surface area contributed by atoms with Crippen LogP contribution in [0.25, 0.3) is 0 Å². The van der Waals surface area contributed by atoms with Crippen LogP contribution >= 0.6 is 27.3 Å². The highest BCUT2D eigenvalue weighted by Crippen LogP contribution is 2.18. The van der Waals surface area contributed by atoms with E-state index in [1.807, 2.05) is 0 Å². The average Bonchev–Trinajstić information content (AvgIpc) is 2.30. The molecule has 0 saturated heterocycles. The largest absolute Gasteiger partial charge is 0.490 e. The minimum absolute atomic E-state index is 0.247. The lowest BCUT2D eigenvalue weighted by Crippen LogP contribution is -2.30. The zero-order valence-corrected chi connectivity index (χ0v) is 7.72. The fraction of sp³-hybridized carbons (Fsp3) is 0. The van der Waals surface area contributed by atoms with E-state index in [2.05, 4.69) is 15.9 Å². The molecule has 6 heteroatoms. The van der Waals surface area contributed by atoms with Crippen LogP contribution in [0.1, 0.15) is 9.67 Å². The molecule has 0 fully saturated rings. The first-order valence-electron chi connectivity index (χ1n) is 2.75. The summed E-state index contributed by atoms with van der Waals surface area (Å²) in [6, 6.07) is 1.51. The fourth-order valence-corrected chi connectivity index (χ4v) is 2.18. The highest BCUT2D eigenvalue weighted by molar-refractivity contribution is 9.11. The van der Waals surface area contributed by atoms with Crippen LogP contribution in [0.4, 0.5) is 0 Å². The Morgan fingerprint density at radius 3 is 2.64 bits per heavy atom. The van der Waals surface area contributed by atoms with E-state index < -0.39 is 7.12 Å². The molecule has 0 amide bonds. The number of carbonyl (C=O) groups excluding carboxylic acids is 1. The average molecular weight is 235 g/mol. The normalized spacial score (nSPS) is 9.73. The molecule has 0 aromatic carbocycles. The lowest BCUT2D eigenvalue weighted by molar-refractivity contribution is 0.112. The van der Waals surface area contributed by atoms with Gasteiger partial charge in [0, 0.05) is 5.46 Å². The fourth-order valence-electron chi connectivity index (χ4n) is 0.681. The van der Waals surface area contributed by atoms with Crippen LogP contribution < -0.4 is 5.46 Å². The van der Waals surface area contributed by atoms with Crippen LogP contribution in [0.5, 0.6) is 0 Å². The van der Waals surface area contributed by atoms with Gasteiger partial charge >= 0.3 is 7.12 Å². The van der Waals surface area contributed by atoms with Crippen molar-refractivity contribution < 1.29 is 14.8 Å². The molecule has 0 unspecified atom stereocenters. The third kappa shape index (κ3) is 1.90. The lowest BCUT2D eigenvalue weighted by Gasteiger charge is -1.92. The molecule has 0 spiro atoms. The number of hydrogen-bond donors (Lipinski definition) is 2. The van der Waals surface area contributed by atoms with Crippen molar-refractivity contribution in [2.75, 3.05) is 0 Å². The smallest absolute Gasteiger partial charge is 0.423 e. The van der Waals surface area contributed by atoms with Gasteiger partial charge in [-0.3, -0.25) is 4.79 Å². The Hall–Kier alpha value is -0.165. The first kappa shape index (κ1) is 8.93. The Balaban J connectivity index is 3.11. The molecule has 0 radical (unpaired) electrons. The molecule has 1 heterocycles. The van der Waals surface area contributed by atoms with Gasteiger partial charge in [0.1, 0.15) is 0 Å². The van der Waals surface area contributed by atoms with Crippen molar-refractivity contribution in [2.24, 2.45) is 0 Å². The molecule has 2 N–H and O–H groups in total. The van der Waals surface area contributed by atoms with Gasteiger partial charge < -0.3 is 10.0 Å². The Labute approximate surface area is 75.9 Å². The third-order valence-corrected chi connectivity index (χ3v) is 2.73. The van der Waals surface area contributed by atoms with Crippen LogP contribution in [0, 0.1) is 0 Å². The summed E-state index contributed by atoms with van der Waals surface area (Å²) in [5.41, 5.74) is 0.247. The van der Waals surface area contributed by atoms with E-state index in [9.17, 15) is 4.79 Å². The van der Waals surface area contributed by atoms with Crippen molar-refractivity contribution in [3.05, 3.63) is 14.7 Å². The van der Waals surface area contributed by atoms with E-state index in [-0.39, 0.29) is 5.46 Å². The first-order valence-corrected chi connectivity index (χ1v) is 4.36. The number of thiophene rings is 1. The molecule has 0 aliphatic rings. The van der Waals surface area contributed by atoms with Crippen LogP contribution in [-0.2, 0) is 0 Å². The van der Waals surface area contributed by atoms with Crippen LogP contribution in [-0.4, -0.2) is 23.5 Å². The van der Waals surface area contributed by atoms with Gasteiger partial charge in [0.15, 0.2) is 6.29 Å². The highest BCUT2D eigenvalue weighted by atomic mass is 79.9.